The fourth-order valence-electron chi connectivity index (χ4n) is 2.32. The SMILES string of the molecule is Cc1ncccc1C(=O)N(C)CC1CC(N)C1. The Morgan fingerprint density at radius 2 is 2.29 bits per heavy atom. The van der Waals surface area contributed by atoms with Crippen molar-refractivity contribution in [3.05, 3.63) is 29.6 Å². The van der Waals surface area contributed by atoms with Gasteiger partial charge in [0.05, 0.1) is 5.56 Å². The Bertz CT molecular complexity index is 413. The molecule has 1 heterocycles. The van der Waals surface area contributed by atoms with Gasteiger partial charge in [-0.1, -0.05) is 0 Å². The molecule has 2 N–H and O–H groups in total. The van der Waals surface area contributed by atoms with Gasteiger partial charge in [0.15, 0.2) is 0 Å². The van der Waals surface area contributed by atoms with E-state index in [1.54, 1.807) is 17.2 Å². The predicted octanol–water partition coefficient (Wildman–Crippen LogP) is 1.20. The lowest BCUT2D eigenvalue weighted by Crippen LogP contribution is -2.43. The second-order valence-corrected chi connectivity index (χ2v) is 4.92. The van der Waals surface area contributed by atoms with Gasteiger partial charge in [-0.3, -0.25) is 9.78 Å². The van der Waals surface area contributed by atoms with Crippen LogP contribution in [0.3, 0.4) is 0 Å². The number of aryl methyl sites for hydroxylation is 1. The second-order valence-electron chi connectivity index (χ2n) is 4.92. The Hall–Kier alpha value is -1.42. The highest BCUT2D eigenvalue weighted by Gasteiger charge is 2.28. The molecule has 4 nitrogen and oxygen atoms in total. The van der Waals surface area contributed by atoms with Gasteiger partial charge in [0.1, 0.15) is 0 Å². The van der Waals surface area contributed by atoms with Crippen LogP contribution in [0.2, 0.25) is 0 Å². The fraction of sp³-hybridized carbons (Fsp3) is 0.538. The van der Waals surface area contributed by atoms with E-state index in [0.717, 1.165) is 25.1 Å². The summed E-state index contributed by atoms with van der Waals surface area (Å²) in [5.41, 5.74) is 7.22. The Labute approximate surface area is 102 Å². The molecular weight excluding hydrogens is 214 g/mol. The number of carbonyl (C=O) groups excluding carboxylic acids is 1. The van der Waals surface area contributed by atoms with Gasteiger partial charge >= 0.3 is 0 Å². The minimum atomic E-state index is 0.0519. The third kappa shape index (κ3) is 2.64. The Balaban J connectivity index is 1.97. The topological polar surface area (TPSA) is 59.2 Å². The van der Waals surface area contributed by atoms with Crippen molar-refractivity contribution in [2.24, 2.45) is 11.7 Å². The van der Waals surface area contributed by atoms with Crippen molar-refractivity contribution in [3.8, 4) is 0 Å². The van der Waals surface area contributed by atoms with Crippen LogP contribution in [-0.2, 0) is 0 Å². The van der Waals surface area contributed by atoms with Crippen molar-refractivity contribution in [3.63, 3.8) is 0 Å². The molecule has 0 radical (unpaired) electrons. The summed E-state index contributed by atoms with van der Waals surface area (Å²) in [5.74, 6) is 0.618. The maximum atomic E-state index is 12.2. The number of amides is 1. The standard InChI is InChI=1S/C13H19N3O/c1-9-12(4-3-5-15-9)13(17)16(2)8-10-6-11(14)7-10/h3-5,10-11H,6-8,14H2,1-2H3. The molecule has 0 unspecified atom stereocenters. The Kier molecular flexibility index (Phi) is 3.43. The third-order valence-electron chi connectivity index (χ3n) is 3.39. The predicted molar refractivity (Wildman–Crippen MR) is 66.6 cm³/mol. The van der Waals surface area contributed by atoms with Gasteiger partial charge in [-0.15, -0.1) is 0 Å². The maximum absolute atomic E-state index is 12.2. The summed E-state index contributed by atoms with van der Waals surface area (Å²) in [5, 5.41) is 0. The summed E-state index contributed by atoms with van der Waals surface area (Å²) in [6.07, 6.45) is 3.77. The molecule has 1 aliphatic rings. The normalized spacial score (nSPS) is 23.0. The summed E-state index contributed by atoms with van der Waals surface area (Å²) < 4.78 is 0. The summed E-state index contributed by atoms with van der Waals surface area (Å²) >= 11 is 0. The van der Waals surface area contributed by atoms with E-state index < -0.39 is 0 Å². The lowest BCUT2D eigenvalue weighted by Gasteiger charge is -2.35. The molecule has 1 aromatic heterocycles. The summed E-state index contributed by atoms with van der Waals surface area (Å²) in [7, 11) is 1.85. The number of hydrogen-bond donors (Lipinski definition) is 1. The molecule has 1 amide bonds. The van der Waals surface area contributed by atoms with E-state index in [4.69, 9.17) is 5.73 Å². The number of pyridine rings is 1. The van der Waals surface area contributed by atoms with Crippen molar-refractivity contribution in [1.29, 1.82) is 0 Å². The number of rotatable bonds is 3. The fourth-order valence-corrected chi connectivity index (χ4v) is 2.32. The van der Waals surface area contributed by atoms with Crippen molar-refractivity contribution >= 4 is 5.91 Å². The zero-order valence-electron chi connectivity index (χ0n) is 10.4. The van der Waals surface area contributed by atoms with E-state index in [9.17, 15) is 4.79 Å². The van der Waals surface area contributed by atoms with Crippen LogP contribution in [-0.4, -0.2) is 35.4 Å². The van der Waals surface area contributed by atoms with Crippen LogP contribution >= 0.6 is 0 Å². The van der Waals surface area contributed by atoms with Gasteiger partial charge in [0.2, 0.25) is 0 Å². The first-order valence-corrected chi connectivity index (χ1v) is 6.00. The minimum absolute atomic E-state index is 0.0519. The largest absolute Gasteiger partial charge is 0.341 e. The zero-order chi connectivity index (χ0) is 12.4. The van der Waals surface area contributed by atoms with E-state index in [1.165, 1.54) is 0 Å². The van der Waals surface area contributed by atoms with Crippen LogP contribution in [0.5, 0.6) is 0 Å². The molecule has 0 saturated heterocycles. The van der Waals surface area contributed by atoms with Crippen LogP contribution < -0.4 is 5.73 Å². The molecule has 0 spiro atoms. The maximum Gasteiger partial charge on any atom is 0.255 e. The number of hydrogen-bond acceptors (Lipinski definition) is 3. The molecular formula is C13H19N3O. The summed E-state index contributed by atoms with van der Waals surface area (Å²) in [6.45, 7) is 2.65. The van der Waals surface area contributed by atoms with Gasteiger partial charge in [-0.25, -0.2) is 0 Å². The lowest BCUT2D eigenvalue weighted by molar-refractivity contribution is 0.0733. The molecule has 2 rings (SSSR count). The quantitative estimate of drug-likeness (QED) is 0.853. The van der Waals surface area contributed by atoms with E-state index in [0.29, 0.717) is 17.5 Å². The first-order chi connectivity index (χ1) is 8.08. The van der Waals surface area contributed by atoms with Crippen molar-refractivity contribution in [2.75, 3.05) is 13.6 Å². The summed E-state index contributed by atoms with van der Waals surface area (Å²) in [4.78, 5) is 18.1. The van der Waals surface area contributed by atoms with E-state index in [-0.39, 0.29) is 5.91 Å². The molecule has 0 aliphatic heterocycles. The van der Waals surface area contributed by atoms with Gasteiger partial charge in [-0.2, -0.15) is 0 Å². The van der Waals surface area contributed by atoms with E-state index in [1.807, 2.05) is 20.0 Å². The van der Waals surface area contributed by atoms with Crippen molar-refractivity contribution < 1.29 is 4.79 Å². The van der Waals surface area contributed by atoms with Crippen molar-refractivity contribution in [1.82, 2.24) is 9.88 Å². The smallest absolute Gasteiger partial charge is 0.255 e. The molecule has 1 aliphatic carbocycles. The average molecular weight is 233 g/mol. The first-order valence-electron chi connectivity index (χ1n) is 6.00. The number of nitrogens with two attached hydrogens (primary N) is 1. The van der Waals surface area contributed by atoms with E-state index >= 15 is 0 Å². The monoisotopic (exact) mass is 233 g/mol. The molecule has 0 aromatic carbocycles. The molecule has 1 saturated carbocycles. The highest BCUT2D eigenvalue weighted by atomic mass is 16.2. The van der Waals surface area contributed by atoms with Gasteiger partial charge in [0, 0.05) is 31.5 Å². The molecule has 92 valence electrons. The highest BCUT2D eigenvalue weighted by Crippen LogP contribution is 2.26. The lowest BCUT2D eigenvalue weighted by atomic mass is 9.80. The zero-order valence-corrected chi connectivity index (χ0v) is 10.4. The Morgan fingerprint density at radius 1 is 1.59 bits per heavy atom. The third-order valence-corrected chi connectivity index (χ3v) is 3.39. The Morgan fingerprint density at radius 3 is 2.88 bits per heavy atom. The summed E-state index contributed by atoms with van der Waals surface area (Å²) in [6, 6.07) is 3.96. The molecule has 0 atom stereocenters. The van der Waals surface area contributed by atoms with Crippen molar-refractivity contribution in [2.45, 2.75) is 25.8 Å². The molecule has 1 fully saturated rings. The number of nitrogens with zero attached hydrogens (tertiary/aromatic N) is 2. The first kappa shape index (κ1) is 12.0. The van der Waals surface area contributed by atoms with Crippen LogP contribution in [0.25, 0.3) is 0 Å². The number of aromatic nitrogens is 1. The van der Waals surface area contributed by atoms with Gasteiger partial charge < -0.3 is 10.6 Å². The van der Waals surface area contributed by atoms with Crippen LogP contribution in [0, 0.1) is 12.8 Å². The van der Waals surface area contributed by atoms with Crippen LogP contribution in [0.4, 0.5) is 0 Å². The minimum Gasteiger partial charge on any atom is -0.341 e. The molecule has 17 heavy (non-hydrogen) atoms. The highest BCUT2D eigenvalue weighted by molar-refractivity contribution is 5.95. The molecule has 0 bridgehead atoms. The van der Waals surface area contributed by atoms with Gasteiger partial charge in [0.25, 0.3) is 5.91 Å². The molecule has 4 heteroatoms. The second kappa shape index (κ2) is 4.84. The van der Waals surface area contributed by atoms with E-state index in [2.05, 4.69) is 4.98 Å². The van der Waals surface area contributed by atoms with Gasteiger partial charge in [-0.05, 0) is 37.8 Å². The molecule has 1 aromatic rings. The average Bonchev–Trinajstić information content (AvgIpc) is 2.26. The van der Waals surface area contributed by atoms with Crippen LogP contribution in [0.1, 0.15) is 28.9 Å². The van der Waals surface area contributed by atoms with Crippen LogP contribution in [0.15, 0.2) is 18.3 Å². The number of carbonyl (C=O) groups is 1.